The molecule has 124 valence electrons. The average Bonchev–Trinajstić information content (AvgIpc) is 2.48. The van der Waals surface area contributed by atoms with Gasteiger partial charge in [-0.3, -0.25) is 9.88 Å². The predicted octanol–water partition coefficient (Wildman–Crippen LogP) is -1.06. The molecule has 0 spiro atoms. The Morgan fingerprint density at radius 2 is 1.86 bits per heavy atom. The number of pyridine rings is 1. The molecule has 0 aliphatic carbocycles. The van der Waals surface area contributed by atoms with E-state index >= 15 is 0 Å². The fourth-order valence-corrected chi connectivity index (χ4v) is 4.02. The van der Waals surface area contributed by atoms with Crippen LogP contribution in [0, 0.1) is 0 Å². The van der Waals surface area contributed by atoms with Crippen molar-refractivity contribution >= 4 is 20.0 Å². The minimum absolute atomic E-state index is 0.136. The zero-order chi connectivity index (χ0) is 16.2. The minimum atomic E-state index is -3.54. The Hall–Kier alpha value is -1.07. The fourth-order valence-electron chi connectivity index (χ4n) is 2.21. The van der Waals surface area contributed by atoms with Crippen molar-refractivity contribution in [3.63, 3.8) is 0 Å². The summed E-state index contributed by atoms with van der Waals surface area (Å²) in [5.74, 6) is 0. The lowest BCUT2D eigenvalue weighted by Crippen LogP contribution is -2.49. The van der Waals surface area contributed by atoms with Crippen LogP contribution >= 0.6 is 0 Å². The van der Waals surface area contributed by atoms with Gasteiger partial charge in [0.1, 0.15) is 4.90 Å². The van der Waals surface area contributed by atoms with Gasteiger partial charge in [-0.15, -0.1) is 0 Å². The van der Waals surface area contributed by atoms with Gasteiger partial charge in [-0.25, -0.2) is 21.6 Å². The van der Waals surface area contributed by atoms with Gasteiger partial charge in [-0.1, -0.05) is 0 Å². The van der Waals surface area contributed by atoms with Crippen molar-refractivity contribution in [2.45, 2.75) is 4.90 Å². The number of hydrogen-bond acceptors (Lipinski definition) is 6. The van der Waals surface area contributed by atoms with Crippen molar-refractivity contribution in [1.82, 2.24) is 18.9 Å². The highest BCUT2D eigenvalue weighted by molar-refractivity contribution is 7.89. The predicted molar refractivity (Wildman–Crippen MR) is 82.3 cm³/mol. The first-order valence-corrected chi connectivity index (χ1v) is 10.2. The second-order valence-electron chi connectivity index (χ2n) is 5.09. The van der Waals surface area contributed by atoms with Gasteiger partial charge in [0.2, 0.25) is 20.0 Å². The molecule has 0 radical (unpaired) electrons. The van der Waals surface area contributed by atoms with E-state index in [1.165, 1.54) is 29.0 Å². The highest BCUT2D eigenvalue weighted by Gasteiger charge is 2.23. The number of aromatic nitrogens is 1. The second-order valence-corrected chi connectivity index (χ2v) is 8.84. The zero-order valence-electron chi connectivity index (χ0n) is 12.3. The lowest BCUT2D eigenvalue weighted by molar-refractivity contribution is 0.192. The van der Waals surface area contributed by atoms with E-state index in [1.54, 1.807) is 6.07 Å². The molecule has 1 aliphatic heterocycles. The molecule has 10 heteroatoms. The van der Waals surface area contributed by atoms with Crippen LogP contribution in [0.4, 0.5) is 0 Å². The van der Waals surface area contributed by atoms with Gasteiger partial charge in [-0.05, 0) is 12.1 Å². The van der Waals surface area contributed by atoms with Crippen LogP contribution in [0.3, 0.4) is 0 Å². The molecule has 0 unspecified atom stereocenters. The summed E-state index contributed by atoms with van der Waals surface area (Å²) in [6.07, 6.45) is 4.01. The standard InChI is InChI=1S/C12H20N4O4S2/c1-21(17,18)16-9-7-15(8-10-16)6-5-14-22(19,20)12-3-2-4-13-11-12/h2-4,11,14H,5-10H2,1H3. The maximum Gasteiger partial charge on any atom is 0.242 e. The third-order valence-corrected chi connectivity index (χ3v) is 6.21. The van der Waals surface area contributed by atoms with E-state index in [-0.39, 0.29) is 11.4 Å². The van der Waals surface area contributed by atoms with Gasteiger partial charge in [0.05, 0.1) is 6.26 Å². The van der Waals surface area contributed by atoms with Crippen LogP contribution in [0.1, 0.15) is 0 Å². The normalized spacial score (nSPS) is 18.4. The molecule has 1 aromatic rings. The van der Waals surface area contributed by atoms with Crippen LogP contribution in [0.2, 0.25) is 0 Å². The van der Waals surface area contributed by atoms with E-state index in [0.29, 0.717) is 32.7 Å². The average molecular weight is 348 g/mol. The van der Waals surface area contributed by atoms with E-state index in [4.69, 9.17) is 0 Å². The molecular formula is C12H20N4O4S2. The van der Waals surface area contributed by atoms with Crippen molar-refractivity contribution in [2.75, 3.05) is 45.5 Å². The highest BCUT2D eigenvalue weighted by atomic mass is 32.2. The smallest absolute Gasteiger partial charge is 0.242 e. The first-order chi connectivity index (χ1) is 10.3. The van der Waals surface area contributed by atoms with Crippen LogP contribution in [-0.2, 0) is 20.0 Å². The molecule has 0 bridgehead atoms. The van der Waals surface area contributed by atoms with Crippen molar-refractivity contribution in [3.05, 3.63) is 24.5 Å². The van der Waals surface area contributed by atoms with Gasteiger partial charge in [-0.2, -0.15) is 4.31 Å². The number of nitrogens with one attached hydrogen (secondary N) is 1. The minimum Gasteiger partial charge on any atom is -0.299 e. The monoisotopic (exact) mass is 348 g/mol. The number of nitrogens with zero attached hydrogens (tertiary/aromatic N) is 3. The molecule has 0 atom stereocenters. The molecule has 1 aliphatic rings. The van der Waals surface area contributed by atoms with E-state index in [2.05, 4.69) is 9.71 Å². The van der Waals surface area contributed by atoms with E-state index < -0.39 is 20.0 Å². The van der Waals surface area contributed by atoms with E-state index in [0.717, 1.165) is 0 Å². The number of rotatable bonds is 6. The quantitative estimate of drug-likeness (QED) is 0.703. The van der Waals surface area contributed by atoms with Gasteiger partial charge in [0.25, 0.3) is 0 Å². The fraction of sp³-hybridized carbons (Fsp3) is 0.583. The summed E-state index contributed by atoms with van der Waals surface area (Å²) < 4.78 is 50.8. The molecule has 2 rings (SSSR count). The van der Waals surface area contributed by atoms with Crippen LogP contribution in [0.5, 0.6) is 0 Å². The zero-order valence-corrected chi connectivity index (χ0v) is 14.0. The van der Waals surface area contributed by atoms with Crippen LogP contribution < -0.4 is 4.72 Å². The highest BCUT2D eigenvalue weighted by Crippen LogP contribution is 2.07. The van der Waals surface area contributed by atoms with Crippen LogP contribution in [-0.4, -0.2) is 76.5 Å². The van der Waals surface area contributed by atoms with Crippen molar-refractivity contribution in [1.29, 1.82) is 0 Å². The summed E-state index contributed by atoms with van der Waals surface area (Å²) >= 11 is 0. The SMILES string of the molecule is CS(=O)(=O)N1CCN(CCNS(=O)(=O)c2cccnc2)CC1. The van der Waals surface area contributed by atoms with Gasteiger partial charge < -0.3 is 0 Å². The van der Waals surface area contributed by atoms with Crippen LogP contribution in [0.25, 0.3) is 0 Å². The first-order valence-electron chi connectivity index (χ1n) is 6.86. The molecule has 1 fully saturated rings. The van der Waals surface area contributed by atoms with Crippen molar-refractivity contribution in [2.24, 2.45) is 0 Å². The van der Waals surface area contributed by atoms with Crippen molar-refractivity contribution < 1.29 is 16.8 Å². The summed E-state index contributed by atoms with van der Waals surface area (Å²) in [5, 5.41) is 0. The first kappa shape index (κ1) is 17.3. The van der Waals surface area contributed by atoms with Crippen molar-refractivity contribution in [3.8, 4) is 0 Å². The number of hydrogen-bond donors (Lipinski definition) is 1. The Balaban J connectivity index is 1.79. The molecule has 0 saturated carbocycles. The molecule has 0 amide bonds. The lowest BCUT2D eigenvalue weighted by Gasteiger charge is -2.33. The topological polar surface area (TPSA) is 99.7 Å². The summed E-state index contributed by atoms with van der Waals surface area (Å²) in [4.78, 5) is 5.96. The molecule has 22 heavy (non-hydrogen) atoms. The molecule has 1 N–H and O–H groups in total. The number of sulfonamides is 2. The molecule has 8 nitrogen and oxygen atoms in total. The van der Waals surface area contributed by atoms with Gasteiger partial charge in [0, 0.05) is 51.7 Å². The van der Waals surface area contributed by atoms with Gasteiger partial charge in [0.15, 0.2) is 0 Å². The Morgan fingerprint density at radius 3 is 2.41 bits per heavy atom. The Kier molecular flexibility index (Phi) is 5.50. The van der Waals surface area contributed by atoms with E-state index in [9.17, 15) is 16.8 Å². The molecule has 2 heterocycles. The summed E-state index contributed by atoms with van der Waals surface area (Å²) in [6.45, 7) is 2.89. The number of piperazine rings is 1. The molecule has 0 aromatic carbocycles. The summed E-state index contributed by atoms with van der Waals surface area (Å²) in [5.41, 5.74) is 0. The largest absolute Gasteiger partial charge is 0.299 e. The Labute approximate surface area is 131 Å². The van der Waals surface area contributed by atoms with E-state index in [1.807, 2.05) is 4.90 Å². The Morgan fingerprint density at radius 1 is 1.18 bits per heavy atom. The summed E-state index contributed by atoms with van der Waals surface area (Å²) in [6, 6.07) is 3.05. The lowest BCUT2D eigenvalue weighted by atomic mass is 10.3. The Bertz CT molecular complexity index is 683. The molecule has 1 aromatic heterocycles. The maximum atomic E-state index is 12.0. The maximum absolute atomic E-state index is 12.0. The molecule has 1 saturated heterocycles. The molecular weight excluding hydrogens is 328 g/mol. The van der Waals surface area contributed by atoms with Crippen LogP contribution in [0.15, 0.2) is 29.4 Å². The summed E-state index contributed by atoms with van der Waals surface area (Å²) in [7, 11) is -6.68. The second kappa shape index (κ2) is 7.01. The third-order valence-electron chi connectivity index (χ3n) is 3.47. The third kappa shape index (κ3) is 4.71. The van der Waals surface area contributed by atoms with Gasteiger partial charge >= 0.3 is 0 Å².